The van der Waals surface area contributed by atoms with Crippen LogP contribution in [-0.4, -0.2) is 40.0 Å². The third kappa shape index (κ3) is 3.43. The Morgan fingerprint density at radius 3 is 2.50 bits per heavy atom. The fourth-order valence-electron chi connectivity index (χ4n) is 1.46. The maximum atomic E-state index is 11.6. The molecule has 0 unspecified atom stereocenters. The van der Waals surface area contributed by atoms with Crippen LogP contribution in [0, 0.1) is 0 Å². The van der Waals surface area contributed by atoms with Crippen LogP contribution >= 0.6 is 0 Å². The third-order valence-electron chi connectivity index (χ3n) is 3.77. The highest BCUT2D eigenvalue weighted by Crippen LogP contribution is 2.36. The Kier molecular flexibility index (Phi) is 4.75. The second-order valence-corrected chi connectivity index (χ2v) is 10.9. The van der Waals surface area contributed by atoms with Gasteiger partial charge in [0, 0.05) is 13.2 Å². The van der Waals surface area contributed by atoms with E-state index in [-0.39, 0.29) is 16.9 Å². The Bertz CT molecular complexity index is 330. The van der Waals surface area contributed by atoms with Gasteiger partial charge in [0.25, 0.3) is 0 Å². The maximum Gasteiger partial charge on any atom is 0.192 e. The highest BCUT2D eigenvalue weighted by Gasteiger charge is 2.39. The largest absolute Gasteiger partial charge is 0.492 e. The summed E-state index contributed by atoms with van der Waals surface area (Å²) in [6, 6.07) is 0. The van der Waals surface area contributed by atoms with E-state index in [2.05, 4.69) is 33.9 Å². The SMILES string of the molecule is CO[C@@H]1C(=O)C=CO[C@@H]1CO[Si](C)(C)C(C)(C)C. The van der Waals surface area contributed by atoms with Gasteiger partial charge in [-0.25, -0.2) is 0 Å². The molecule has 4 nitrogen and oxygen atoms in total. The third-order valence-corrected chi connectivity index (χ3v) is 8.27. The van der Waals surface area contributed by atoms with E-state index in [1.54, 1.807) is 0 Å². The maximum absolute atomic E-state index is 11.6. The van der Waals surface area contributed by atoms with Gasteiger partial charge in [0.1, 0.15) is 0 Å². The summed E-state index contributed by atoms with van der Waals surface area (Å²) in [5, 5.41) is 0.143. The lowest BCUT2D eigenvalue weighted by Gasteiger charge is -2.38. The van der Waals surface area contributed by atoms with Crippen molar-refractivity contribution < 1.29 is 18.7 Å². The van der Waals surface area contributed by atoms with Crippen LogP contribution in [-0.2, 0) is 18.7 Å². The molecule has 2 atom stereocenters. The topological polar surface area (TPSA) is 44.8 Å². The van der Waals surface area contributed by atoms with Gasteiger partial charge < -0.3 is 13.9 Å². The lowest BCUT2D eigenvalue weighted by atomic mass is 10.1. The van der Waals surface area contributed by atoms with Crippen molar-refractivity contribution >= 4 is 14.1 Å². The fourth-order valence-corrected chi connectivity index (χ4v) is 2.47. The monoisotopic (exact) mass is 272 g/mol. The Labute approximate surface area is 110 Å². The molecule has 0 spiro atoms. The van der Waals surface area contributed by atoms with Crippen molar-refractivity contribution in [2.24, 2.45) is 0 Å². The van der Waals surface area contributed by atoms with Crippen LogP contribution in [0.25, 0.3) is 0 Å². The van der Waals surface area contributed by atoms with Crippen LogP contribution in [0.1, 0.15) is 20.8 Å². The molecule has 0 radical (unpaired) electrons. The highest BCUT2D eigenvalue weighted by atomic mass is 28.4. The van der Waals surface area contributed by atoms with Crippen molar-refractivity contribution in [3.8, 4) is 0 Å². The van der Waals surface area contributed by atoms with E-state index in [1.165, 1.54) is 19.4 Å². The number of rotatable bonds is 4. The van der Waals surface area contributed by atoms with E-state index >= 15 is 0 Å². The predicted molar refractivity (Wildman–Crippen MR) is 73.0 cm³/mol. The number of hydrogen-bond donors (Lipinski definition) is 0. The zero-order valence-electron chi connectivity index (χ0n) is 12.1. The average molecular weight is 272 g/mol. The molecule has 1 heterocycles. The fraction of sp³-hybridized carbons (Fsp3) is 0.769. The van der Waals surface area contributed by atoms with E-state index in [0.717, 1.165) is 0 Å². The average Bonchev–Trinajstić information content (AvgIpc) is 2.25. The Morgan fingerprint density at radius 2 is 2.00 bits per heavy atom. The number of ketones is 1. The first kappa shape index (κ1) is 15.4. The Balaban J connectivity index is 2.63. The number of carbonyl (C=O) groups is 1. The van der Waals surface area contributed by atoms with Crippen LogP contribution in [0.15, 0.2) is 12.3 Å². The number of carbonyl (C=O) groups excluding carboxylic acids is 1. The van der Waals surface area contributed by atoms with Crippen molar-refractivity contribution in [3.63, 3.8) is 0 Å². The number of ether oxygens (including phenoxy) is 2. The van der Waals surface area contributed by atoms with Crippen molar-refractivity contribution in [1.29, 1.82) is 0 Å². The number of methoxy groups -OCH3 is 1. The van der Waals surface area contributed by atoms with Gasteiger partial charge >= 0.3 is 0 Å². The van der Waals surface area contributed by atoms with Gasteiger partial charge in [0.2, 0.25) is 0 Å². The van der Waals surface area contributed by atoms with Crippen LogP contribution in [0.3, 0.4) is 0 Å². The minimum atomic E-state index is -1.82. The molecule has 0 N–H and O–H groups in total. The zero-order chi connectivity index (χ0) is 14.0. The van der Waals surface area contributed by atoms with E-state index in [9.17, 15) is 4.79 Å². The van der Waals surface area contributed by atoms with Gasteiger partial charge in [0.05, 0.1) is 12.9 Å². The quantitative estimate of drug-likeness (QED) is 0.738. The number of hydrogen-bond acceptors (Lipinski definition) is 4. The van der Waals surface area contributed by atoms with Crippen molar-refractivity contribution in [2.75, 3.05) is 13.7 Å². The summed E-state index contributed by atoms with van der Waals surface area (Å²) in [7, 11) is -0.306. The summed E-state index contributed by atoms with van der Waals surface area (Å²) in [4.78, 5) is 11.6. The molecule has 0 aliphatic carbocycles. The molecule has 0 saturated heterocycles. The van der Waals surface area contributed by atoms with Gasteiger partial charge in [-0.05, 0) is 18.1 Å². The van der Waals surface area contributed by atoms with Gasteiger partial charge in [0.15, 0.2) is 26.3 Å². The molecule has 0 bridgehead atoms. The molecule has 0 aromatic heterocycles. The van der Waals surface area contributed by atoms with Crippen molar-refractivity contribution in [3.05, 3.63) is 12.3 Å². The highest BCUT2D eigenvalue weighted by molar-refractivity contribution is 6.74. The first-order valence-electron chi connectivity index (χ1n) is 6.21. The molecule has 5 heteroatoms. The van der Waals surface area contributed by atoms with Crippen LogP contribution in [0.2, 0.25) is 18.1 Å². The van der Waals surface area contributed by atoms with Gasteiger partial charge in [-0.15, -0.1) is 0 Å². The Morgan fingerprint density at radius 1 is 1.39 bits per heavy atom. The molecule has 18 heavy (non-hydrogen) atoms. The summed E-state index contributed by atoms with van der Waals surface area (Å²) >= 11 is 0. The zero-order valence-corrected chi connectivity index (χ0v) is 13.1. The second kappa shape index (κ2) is 5.55. The van der Waals surface area contributed by atoms with E-state index < -0.39 is 14.4 Å². The smallest absolute Gasteiger partial charge is 0.192 e. The summed E-state index contributed by atoms with van der Waals surface area (Å²) in [5.41, 5.74) is 0. The molecule has 104 valence electrons. The van der Waals surface area contributed by atoms with Gasteiger partial charge in [-0.3, -0.25) is 4.79 Å². The molecule has 0 aromatic rings. The van der Waals surface area contributed by atoms with Crippen LogP contribution < -0.4 is 0 Å². The van der Waals surface area contributed by atoms with Crippen LogP contribution in [0.4, 0.5) is 0 Å². The summed E-state index contributed by atoms with van der Waals surface area (Å²) in [6.07, 6.45) is 1.93. The molecule has 1 aliphatic heterocycles. The molecule has 0 saturated carbocycles. The lowest BCUT2D eigenvalue weighted by molar-refractivity contribution is -0.135. The molecular formula is C13H24O4Si. The minimum absolute atomic E-state index is 0.0624. The summed E-state index contributed by atoms with van der Waals surface area (Å²) in [5.74, 6) is -0.0624. The second-order valence-electron chi connectivity index (χ2n) is 6.11. The van der Waals surface area contributed by atoms with Crippen LogP contribution in [0.5, 0.6) is 0 Å². The molecule has 0 amide bonds. The first-order chi connectivity index (χ1) is 8.19. The van der Waals surface area contributed by atoms with Gasteiger partial charge in [-0.1, -0.05) is 20.8 Å². The van der Waals surface area contributed by atoms with Crippen molar-refractivity contribution in [2.45, 2.75) is 51.1 Å². The molecule has 1 aliphatic rings. The lowest BCUT2D eigenvalue weighted by Crippen LogP contribution is -2.47. The van der Waals surface area contributed by atoms with Gasteiger partial charge in [-0.2, -0.15) is 0 Å². The standard InChI is InChI=1S/C13H24O4Si/c1-13(2,3)18(5,6)17-9-11-12(15-4)10(14)7-8-16-11/h7-8,11-12H,9H2,1-6H3/t11-,12-/m1/s1. The van der Waals surface area contributed by atoms with Crippen molar-refractivity contribution in [1.82, 2.24) is 0 Å². The molecular weight excluding hydrogens is 248 g/mol. The van der Waals surface area contributed by atoms with E-state index in [4.69, 9.17) is 13.9 Å². The molecule has 1 rings (SSSR count). The predicted octanol–water partition coefficient (Wildman–Crippen LogP) is 2.50. The van der Waals surface area contributed by atoms with E-state index in [1.807, 2.05) is 0 Å². The minimum Gasteiger partial charge on any atom is -0.492 e. The Hall–Kier alpha value is -0.653. The molecule has 0 fully saturated rings. The normalized spacial score (nSPS) is 25.1. The first-order valence-corrected chi connectivity index (χ1v) is 9.12. The van der Waals surface area contributed by atoms with E-state index in [0.29, 0.717) is 6.61 Å². The molecule has 0 aromatic carbocycles. The summed E-state index contributed by atoms with van der Waals surface area (Å²) in [6.45, 7) is 11.3. The summed E-state index contributed by atoms with van der Waals surface area (Å²) < 4.78 is 16.7.